The van der Waals surface area contributed by atoms with Crippen LogP contribution in [0.5, 0.6) is 0 Å². The number of thiazole rings is 1. The Kier molecular flexibility index (Phi) is 6.96. The van der Waals surface area contributed by atoms with Crippen molar-refractivity contribution in [2.45, 2.75) is 31.7 Å². The molecule has 0 aliphatic carbocycles. The van der Waals surface area contributed by atoms with Crippen LogP contribution in [0.15, 0.2) is 59.3 Å². The summed E-state index contributed by atoms with van der Waals surface area (Å²) in [7, 11) is 0. The average Bonchev–Trinajstić information content (AvgIpc) is 3.46. The number of thioether (sulfide) groups is 1. The number of benzene rings is 1. The minimum absolute atomic E-state index is 0.0237. The van der Waals surface area contributed by atoms with E-state index in [9.17, 15) is 4.79 Å². The molecule has 0 unspecified atom stereocenters. The Morgan fingerprint density at radius 3 is 2.66 bits per heavy atom. The van der Waals surface area contributed by atoms with Crippen molar-refractivity contribution in [1.82, 2.24) is 29.6 Å². The number of nitrogens with zero attached hydrogens (tertiary/aromatic N) is 6. The summed E-state index contributed by atoms with van der Waals surface area (Å²) in [5.41, 5.74) is 3.55. The molecule has 1 aromatic carbocycles. The van der Waals surface area contributed by atoms with Crippen molar-refractivity contribution < 1.29 is 4.79 Å². The van der Waals surface area contributed by atoms with E-state index in [0.717, 1.165) is 32.8 Å². The number of carbonyl (C=O) groups is 1. The van der Waals surface area contributed by atoms with Crippen LogP contribution < -0.4 is 0 Å². The van der Waals surface area contributed by atoms with Crippen LogP contribution in [0.4, 0.5) is 0 Å². The maximum Gasteiger partial charge on any atom is 0.273 e. The van der Waals surface area contributed by atoms with E-state index in [1.165, 1.54) is 11.3 Å². The standard InChI is InChI=1S/C23H24N6OS2/c1-4-28(5-2)22(30)18-14-31-20(25-18)15-32-23-27-26-21(17-10-8-12-24-13-17)29(23)19-11-7-6-9-16(19)3/h6-14H,4-5,15H2,1-3H3. The summed E-state index contributed by atoms with van der Waals surface area (Å²) in [5, 5.41) is 12.4. The van der Waals surface area contributed by atoms with Gasteiger partial charge in [-0.15, -0.1) is 21.5 Å². The fourth-order valence-corrected chi connectivity index (χ4v) is 5.08. The van der Waals surface area contributed by atoms with Crippen LogP contribution >= 0.6 is 23.1 Å². The predicted octanol–water partition coefficient (Wildman–Crippen LogP) is 4.87. The summed E-state index contributed by atoms with van der Waals surface area (Å²) in [4.78, 5) is 23.1. The molecule has 0 saturated carbocycles. The zero-order chi connectivity index (χ0) is 22.5. The Morgan fingerprint density at radius 1 is 1.12 bits per heavy atom. The zero-order valence-electron chi connectivity index (χ0n) is 18.2. The van der Waals surface area contributed by atoms with Crippen molar-refractivity contribution in [2.24, 2.45) is 0 Å². The highest BCUT2D eigenvalue weighted by atomic mass is 32.2. The summed E-state index contributed by atoms with van der Waals surface area (Å²) >= 11 is 3.05. The Bertz CT molecular complexity index is 1200. The number of amides is 1. The molecule has 3 heterocycles. The van der Waals surface area contributed by atoms with Gasteiger partial charge in [-0.25, -0.2) is 4.98 Å². The number of pyridine rings is 1. The Hall–Kier alpha value is -3.04. The second kappa shape index (κ2) is 10.1. The van der Waals surface area contributed by atoms with Gasteiger partial charge < -0.3 is 4.90 Å². The molecule has 4 rings (SSSR count). The number of para-hydroxylation sites is 1. The minimum Gasteiger partial charge on any atom is -0.338 e. The first-order valence-corrected chi connectivity index (χ1v) is 12.3. The van der Waals surface area contributed by atoms with Gasteiger partial charge in [0, 0.05) is 36.4 Å². The smallest absolute Gasteiger partial charge is 0.273 e. The normalized spacial score (nSPS) is 11.0. The monoisotopic (exact) mass is 464 g/mol. The van der Waals surface area contributed by atoms with Crippen LogP contribution in [0.3, 0.4) is 0 Å². The van der Waals surface area contributed by atoms with E-state index < -0.39 is 0 Å². The molecule has 1 amide bonds. The molecule has 0 aliphatic heterocycles. The third kappa shape index (κ3) is 4.58. The number of hydrogen-bond acceptors (Lipinski definition) is 7. The van der Waals surface area contributed by atoms with Gasteiger partial charge in [0.1, 0.15) is 10.7 Å². The fraction of sp³-hybridized carbons (Fsp3) is 0.261. The zero-order valence-corrected chi connectivity index (χ0v) is 19.9. The van der Waals surface area contributed by atoms with Gasteiger partial charge in [-0.05, 0) is 44.5 Å². The quantitative estimate of drug-likeness (QED) is 0.346. The van der Waals surface area contributed by atoms with Crippen molar-refractivity contribution >= 4 is 29.0 Å². The molecule has 0 spiro atoms. The van der Waals surface area contributed by atoms with Gasteiger partial charge in [0.15, 0.2) is 11.0 Å². The molecule has 0 radical (unpaired) electrons. The average molecular weight is 465 g/mol. The molecule has 0 N–H and O–H groups in total. The van der Waals surface area contributed by atoms with Crippen LogP contribution in [0, 0.1) is 6.92 Å². The van der Waals surface area contributed by atoms with E-state index in [-0.39, 0.29) is 5.91 Å². The number of carbonyl (C=O) groups excluding carboxylic acids is 1. The van der Waals surface area contributed by atoms with E-state index in [4.69, 9.17) is 0 Å². The number of aromatic nitrogens is 5. The lowest BCUT2D eigenvalue weighted by molar-refractivity contribution is 0.0768. The first-order valence-electron chi connectivity index (χ1n) is 10.4. The van der Waals surface area contributed by atoms with Crippen LogP contribution in [-0.2, 0) is 5.75 Å². The SMILES string of the molecule is CCN(CC)C(=O)c1csc(CSc2nnc(-c3cccnc3)n2-c2ccccc2C)n1. The number of hydrogen-bond donors (Lipinski definition) is 0. The second-order valence-corrected chi connectivity index (χ2v) is 8.95. The topological polar surface area (TPSA) is 76.8 Å². The molecule has 4 aromatic rings. The van der Waals surface area contributed by atoms with Crippen molar-refractivity contribution in [3.63, 3.8) is 0 Å². The molecular weight excluding hydrogens is 440 g/mol. The van der Waals surface area contributed by atoms with E-state index in [1.807, 2.05) is 43.5 Å². The van der Waals surface area contributed by atoms with Crippen LogP contribution in [-0.4, -0.2) is 48.6 Å². The maximum absolute atomic E-state index is 12.6. The Balaban J connectivity index is 1.62. The molecule has 0 atom stereocenters. The highest BCUT2D eigenvalue weighted by molar-refractivity contribution is 7.98. The highest BCUT2D eigenvalue weighted by Gasteiger charge is 2.19. The summed E-state index contributed by atoms with van der Waals surface area (Å²) in [5.74, 6) is 1.32. The van der Waals surface area contributed by atoms with Crippen molar-refractivity contribution in [1.29, 1.82) is 0 Å². The first kappa shape index (κ1) is 22.2. The second-order valence-electron chi connectivity index (χ2n) is 7.06. The molecule has 0 aliphatic rings. The molecule has 32 heavy (non-hydrogen) atoms. The molecular formula is C23H24N6OS2. The van der Waals surface area contributed by atoms with Gasteiger partial charge >= 0.3 is 0 Å². The molecule has 0 fully saturated rings. The van der Waals surface area contributed by atoms with Gasteiger partial charge in [-0.1, -0.05) is 30.0 Å². The minimum atomic E-state index is -0.0237. The van der Waals surface area contributed by atoms with Crippen molar-refractivity contribution in [2.75, 3.05) is 13.1 Å². The lowest BCUT2D eigenvalue weighted by atomic mass is 10.2. The maximum atomic E-state index is 12.6. The van der Waals surface area contributed by atoms with Crippen LogP contribution in [0.25, 0.3) is 17.1 Å². The lowest BCUT2D eigenvalue weighted by Gasteiger charge is -2.16. The molecule has 164 valence electrons. The lowest BCUT2D eigenvalue weighted by Crippen LogP contribution is -2.30. The van der Waals surface area contributed by atoms with Gasteiger partial charge in [-0.2, -0.15) is 0 Å². The third-order valence-electron chi connectivity index (χ3n) is 5.06. The Morgan fingerprint density at radius 2 is 1.94 bits per heavy atom. The fourth-order valence-electron chi connectivity index (χ4n) is 3.35. The predicted molar refractivity (Wildman–Crippen MR) is 128 cm³/mol. The Labute approximate surface area is 195 Å². The van der Waals surface area contributed by atoms with E-state index in [1.54, 1.807) is 29.1 Å². The van der Waals surface area contributed by atoms with Crippen molar-refractivity contribution in [3.8, 4) is 17.1 Å². The van der Waals surface area contributed by atoms with E-state index >= 15 is 0 Å². The van der Waals surface area contributed by atoms with Gasteiger partial charge in [-0.3, -0.25) is 14.3 Å². The van der Waals surface area contributed by atoms with Gasteiger partial charge in [0.2, 0.25) is 0 Å². The summed E-state index contributed by atoms with van der Waals surface area (Å²) in [6, 6.07) is 12.0. The van der Waals surface area contributed by atoms with Gasteiger partial charge in [0.25, 0.3) is 5.91 Å². The molecule has 0 saturated heterocycles. The van der Waals surface area contributed by atoms with Gasteiger partial charge in [0.05, 0.1) is 11.4 Å². The van der Waals surface area contributed by atoms with E-state index in [2.05, 4.69) is 43.8 Å². The number of aryl methyl sites for hydroxylation is 1. The van der Waals surface area contributed by atoms with Crippen molar-refractivity contribution in [3.05, 3.63) is 70.4 Å². The van der Waals surface area contributed by atoms with E-state index in [0.29, 0.717) is 24.5 Å². The molecule has 9 heteroatoms. The largest absolute Gasteiger partial charge is 0.338 e. The first-order chi connectivity index (χ1) is 15.6. The molecule has 3 aromatic heterocycles. The third-order valence-corrected chi connectivity index (χ3v) is 7.03. The highest BCUT2D eigenvalue weighted by Crippen LogP contribution is 2.31. The summed E-state index contributed by atoms with van der Waals surface area (Å²) in [6.45, 7) is 7.37. The van der Waals surface area contributed by atoms with Crippen LogP contribution in [0.1, 0.15) is 34.9 Å². The summed E-state index contributed by atoms with van der Waals surface area (Å²) in [6.07, 6.45) is 3.53. The van der Waals surface area contributed by atoms with Crippen LogP contribution in [0.2, 0.25) is 0 Å². The number of rotatable bonds is 8. The summed E-state index contributed by atoms with van der Waals surface area (Å²) < 4.78 is 2.06. The molecule has 0 bridgehead atoms. The molecule has 7 nitrogen and oxygen atoms in total.